The van der Waals surface area contributed by atoms with Gasteiger partial charge in [0.05, 0.1) is 18.4 Å². The van der Waals surface area contributed by atoms with Crippen LogP contribution in [-0.4, -0.2) is 57.0 Å². The highest BCUT2D eigenvalue weighted by molar-refractivity contribution is 5.47. The number of aliphatic hydroxyl groups excluding tert-OH is 1. The second-order valence-electron chi connectivity index (χ2n) is 5.48. The van der Waals surface area contributed by atoms with Crippen LogP contribution < -0.4 is 0 Å². The second-order valence-corrected chi connectivity index (χ2v) is 5.48. The molecule has 108 valence electrons. The van der Waals surface area contributed by atoms with Gasteiger partial charge in [-0.1, -0.05) is 0 Å². The maximum atomic E-state index is 9.89. The molecule has 6 nitrogen and oxygen atoms in total. The van der Waals surface area contributed by atoms with E-state index in [2.05, 4.69) is 15.0 Å². The Balaban J connectivity index is 1.85. The third-order valence-electron chi connectivity index (χ3n) is 3.86. The van der Waals surface area contributed by atoms with E-state index in [0.717, 1.165) is 35.7 Å². The van der Waals surface area contributed by atoms with Crippen LogP contribution in [0.2, 0.25) is 0 Å². The number of likely N-dealkylation sites (tertiary alicyclic amines) is 1. The summed E-state index contributed by atoms with van der Waals surface area (Å²) in [6.45, 7) is 6.11. The van der Waals surface area contributed by atoms with Gasteiger partial charge in [0.2, 0.25) is 0 Å². The summed E-state index contributed by atoms with van der Waals surface area (Å²) in [5, 5.41) is 14.3. The van der Waals surface area contributed by atoms with E-state index >= 15 is 0 Å². The number of fused-ring (bicyclic) bond motifs is 1. The summed E-state index contributed by atoms with van der Waals surface area (Å²) < 4.78 is 7.13. The van der Waals surface area contributed by atoms with Crippen molar-refractivity contribution in [3.63, 3.8) is 0 Å². The molecule has 0 saturated carbocycles. The number of nitrogens with zero attached hydrogens (tertiary/aromatic N) is 4. The first kappa shape index (κ1) is 13.5. The summed E-state index contributed by atoms with van der Waals surface area (Å²) in [5.74, 6) is 0. The van der Waals surface area contributed by atoms with Crippen molar-refractivity contribution in [2.45, 2.75) is 32.6 Å². The van der Waals surface area contributed by atoms with E-state index in [1.54, 1.807) is 7.11 Å². The molecule has 1 N–H and O–H groups in total. The average Bonchev–Trinajstić information content (AvgIpc) is 2.94. The van der Waals surface area contributed by atoms with E-state index in [9.17, 15) is 5.11 Å². The molecule has 3 rings (SSSR count). The van der Waals surface area contributed by atoms with Crippen molar-refractivity contribution in [2.75, 3.05) is 20.2 Å². The molecule has 3 heterocycles. The molecule has 6 heteroatoms. The molecule has 0 amide bonds. The molecule has 1 saturated heterocycles. The minimum atomic E-state index is -0.418. The number of aliphatic hydroxyl groups is 1. The third-order valence-corrected chi connectivity index (χ3v) is 3.86. The van der Waals surface area contributed by atoms with Crippen LogP contribution in [0.25, 0.3) is 5.65 Å². The summed E-state index contributed by atoms with van der Waals surface area (Å²) in [5.41, 5.74) is 4.06. The summed E-state index contributed by atoms with van der Waals surface area (Å²) in [6, 6.07) is 2.02. The van der Waals surface area contributed by atoms with Gasteiger partial charge in [-0.25, -0.2) is 9.50 Å². The van der Waals surface area contributed by atoms with Gasteiger partial charge in [0.25, 0.3) is 0 Å². The number of aromatic nitrogens is 3. The number of β-amino-alcohol motifs (C(OH)–C–C–N with tert-alkyl or cyclic N) is 1. The molecule has 0 spiro atoms. The minimum absolute atomic E-state index is 0.103. The van der Waals surface area contributed by atoms with Crippen LogP contribution in [0.15, 0.2) is 12.3 Å². The molecule has 0 unspecified atom stereocenters. The number of rotatable bonds is 3. The van der Waals surface area contributed by atoms with E-state index in [1.165, 1.54) is 0 Å². The minimum Gasteiger partial charge on any atom is -0.389 e. The zero-order valence-electron chi connectivity index (χ0n) is 12.1. The van der Waals surface area contributed by atoms with Gasteiger partial charge in [-0.05, 0) is 19.9 Å². The molecular weight excluding hydrogens is 256 g/mol. The van der Waals surface area contributed by atoms with Crippen LogP contribution in [0.3, 0.4) is 0 Å². The van der Waals surface area contributed by atoms with Crippen molar-refractivity contribution in [3.05, 3.63) is 29.2 Å². The van der Waals surface area contributed by atoms with E-state index in [-0.39, 0.29) is 6.10 Å². The van der Waals surface area contributed by atoms with Gasteiger partial charge < -0.3 is 9.84 Å². The Kier molecular flexibility index (Phi) is 3.45. The fourth-order valence-electron chi connectivity index (χ4n) is 2.86. The number of ether oxygens (including phenoxy) is 1. The maximum Gasteiger partial charge on any atom is 0.159 e. The molecule has 0 bridgehead atoms. The number of aryl methyl sites for hydroxylation is 2. The highest BCUT2D eigenvalue weighted by Gasteiger charge is 2.31. The van der Waals surface area contributed by atoms with Crippen molar-refractivity contribution in [3.8, 4) is 0 Å². The first-order valence-electron chi connectivity index (χ1n) is 6.82. The van der Waals surface area contributed by atoms with Crippen LogP contribution in [0.5, 0.6) is 0 Å². The van der Waals surface area contributed by atoms with Gasteiger partial charge in [-0.3, -0.25) is 4.90 Å². The number of methoxy groups -OCH3 is 1. The Morgan fingerprint density at radius 1 is 1.40 bits per heavy atom. The quantitative estimate of drug-likeness (QED) is 0.886. The molecule has 1 fully saturated rings. The fraction of sp³-hybridized carbons (Fsp3) is 0.571. The van der Waals surface area contributed by atoms with Crippen LogP contribution in [0, 0.1) is 13.8 Å². The summed E-state index contributed by atoms with van der Waals surface area (Å²) in [7, 11) is 1.64. The smallest absolute Gasteiger partial charge is 0.159 e. The molecule has 1 aliphatic heterocycles. The van der Waals surface area contributed by atoms with Crippen molar-refractivity contribution in [1.29, 1.82) is 0 Å². The fourth-order valence-corrected chi connectivity index (χ4v) is 2.86. The zero-order chi connectivity index (χ0) is 14.3. The molecule has 20 heavy (non-hydrogen) atoms. The Bertz CT molecular complexity index is 625. The predicted octanol–water partition coefficient (Wildman–Crippen LogP) is 0.538. The molecule has 2 atom stereocenters. The Labute approximate surface area is 118 Å². The van der Waals surface area contributed by atoms with Gasteiger partial charge >= 0.3 is 0 Å². The molecule has 1 aliphatic rings. The zero-order valence-corrected chi connectivity index (χ0v) is 12.1. The molecule has 0 radical (unpaired) electrons. The first-order chi connectivity index (χ1) is 9.58. The monoisotopic (exact) mass is 276 g/mol. The van der Waals surface area contributed by atoms with Crippen molar-refractivity contribution < 1.29 is 9.84 Å². The predicted molar refractivity (Wildman–Crippen MR) is 74.5 cm³/mol. The van der Waals surface area contributed by atoms with Gasteiger partial charge in [0.15, 0.2) is 5.65 Å². The molecule has 0 aliphatic carbocycles. The number of hydrogen-bond acceptors (Lipinski definition) is 5. The standard InChI is InChI=1S/C14H20N4O2/c1-9-4-10(2)18-14(16-9)11(5-15-18)6-17-7-12(19)13(8-17)20-3/h4-5,12-13,19H,6-8H2,1-3H3/t12-,13-/m0/s1. The first-order valence-corrected chi connectivity index (χ1v) is 6.82. The Hall–Kier alpha value is -1.50. The second kappa shape index (κ2) is 5.12. The number of hydrogen-bond donors (Lipinski definition) is 1. The van der Waals surface area contributed by atoms with E-state index in [0.29, 0.717) is 6.54 Å². The van der Waals surface area contributed by atoms with Gasteiger partial charge in [0, 0.05) is 43.7 Å². The van der Waals surface area contributed by atoms with Gasteiger partial charge in [0.1, 0.15) is 0 Å². The average molecular weight is 276 g/mol. The molecule has 2 aromatic rings. The SMILES string of the molecule is CO[C@H]1CN(Cc2cnn3c(C)cc(C)nc23)C[C@@H]1O. The van der Waals surface area contributed by atoms with Crippen LogP contribution in [0.1, 0.15) is 17.0 Å². The summed E-state index contributed by atoms with van der Waals surface area (Å²) >= 11 is 0. The topological polar surface area (TPSA) is 62.9 Å². The van der Waals surface area contributed by atoms with E-state index in [1.807, 2.05) is 30.6 Å². The lowest BCUT2D eigenvalue weighted by molar-refractivity contribution is 0.0215. The van der Waals surface area contributed by atoms with Gasteiger partial charge in [-0.15, -0.1) is 0 Å². The van der Waals surface area contributed by atoms with Crippen LogP contribution in [0.4, 0.5) is 0 Å². The largest absolute Gasteiger partial charge is 0.389 e. The third kappa shape index (κ3) is 2.30. The van der Waals surface area contributed by atoms with Crippen LogP contribution in [-0.2, 0) is 11.3 Å². The van der Waals surface area contributed by atoms with Crippen molar-refractivity contribution in [2.24, 2.45) is 0 Å². The Morgan fingerprint density at radius 2 is 2.20 bits per heavy atom. The van der Waals surface area contributed by atoms with Gasteiger partial charge in [-0.2, -0.15) is 5.10 Å². The summed E-state index contributed by atoms with van der Waals surface area (Å²) in [6.07, 6.45) is 1.34. The highest BCUT2D eigenvalue weighted by Crippen LogP contribution is 2.19. The summed E-state index contributed by atoms with van der Waals surface area (Å²) in [4.78, 5) is 6.75. The molecular formula is C14H20N4O2. The lowest BCUT2D eigenvalue weighted by Crippen LogP contribution is -2.25. The van der Waals surface area contributed by atoms with Crippen LogP contribution >= 0.6 is 0 Å². The van der Waals surface area contributed by atoms with Crippen molar-refractivity contribution >= 4 is 5.65 Å². The van der Waals surface area contributed by atoms with E-state index in [4.69, 9.17) is 4.74 Å². The molecule has 0 aromatic carbocycles. The lowest BCUT2D eigenvalue weighted by atomic mass is 10.3. The normalized spacial score (nSPS) is 23.8. The Morgan fingerprint density at radius 3 is 2.90 bits per heavy atom. The highest BCUT2D eigenvalue weighted by atomic mass is 16.5. The molecule has 2 aromatic heterocycles. The maximum absolute atomic E-state index is 9.89. The van der Waals surface area contributed by atoms with Crippen molar-refractivity contribution in [1.82, 2.24) is 19.5 Å². The lowest BCUT2D eigenvalue weighted by Gasteiger charge is -2.14. The van der Waals surface area contributed by atoms with E-state index < -0.39 is 6.10 Å².